The van der Waals surface area contributed by atoms with Gasteiger partial charge in [-0.25, -0.2) is 4.79 Å². The first kappa shape index (κ1) is 22.2. The molecule has 0 spiro atoms. The van der Waals surface area contributed by atoms with Gasteiger partial charge in [-0.2, -0.15) is 0 Å². The Labute approximate surface area is 186 Å². The van der Waals surface area contributed by atoms with E-state index in [9.17, 15) is 14.4 Å². The van der Waals surface area contributed by atoms with E-state index in [0.29, 0.717) is 52.7 Å². The Kier molecular flexibility index (Phi) is 7.27. The third kappa shape index (κ3) is 4.97. The van der Waals surface area contributed by atoms with Crippen LogP contribution in [0.15, 0.2) is 12.1 Å². The Hall–Kier alpha value is -1.54. The van der Waals surface area contributed by atoms with Gasteiger partial charge in [0.1, 0.15) is 4.88 Å². The Morgan fingerprint density at radius 2 is 1.83 bits per heavy atom. The molecule has 29 heavy (non-hydrogen) atoms. The summed E-state index contributed by atoms with van der Waals surface area (Å²) in [4.78, 5) is 38.3. The molecule has 1 aliphatic heterocycles. The summed E-state index contributed by atoms with van der Waals surface area (Å²) in [6, 6.07) is 3.21. The average molecular weight is 479 g/mol. The number of hydrogen-bond donors (Lipinski definition) is 0. The van der Waals surface area contributed by atoms with Gasteiger partial charge in [-0.15, -0.1) is 11.3 Å². The highest BCUT2D eigenvalue weighted by atomic mass is 35.5. The van der Waals surface area contributed by atoms with E-state index in [4.69, 9.17) is 44.3 Å². The molecule has 6 nitrogen and oxygen atoms in total. The van der Waals surface area contributed by atoms with Crippen molar-refractivity contribution >= 4 is 74.1 Å². The second-order valence-corrected chi connectivity index (χ2v) is 8.76. The van der Waals surface area contributed by atoms with Crippen molar-refractivity contribution in [3.63, 3.8) is 0 Å². The zero-order chi connectivity index (χ0) is 21.1. The number of piperidine rings is 1. The predicted molar refractivity (Wildman–Crippen MR) is 113 cm³/mol. The van der Waals surface area contributed by atoms with E-state index >= 15 is 0 Å². The van der Waals surface area contributed by atoms with Gasteiger partial charge >= 0.3 is 11.9 Å². The highest BCUT2D eigenvalue weighted by Crippen LogP contribution is 2.41. The third-order valence-corrected chi connectivity index (χ3v) is 6.75. The fourth-order valence-corrected chi connectivity index (χ4v) is 5.42. The molecule has 2 aromatic rings. The lowest BCUT2D eigenvalue weighted by molar-refractivity contribution is -0.151. The van der Waals surface area contributed by atoms with Gasteiger partial charge in [0, 0.05) is 28.2 Å². The molecule has 1 aromatic heterocycles. The van der Waals surface area contributed by atoms with Gasteiger partial charge in [-0.1, -0.05) is 34.8 Å². The lowest BCUT2D eigenvalue weighted by Crippen LogP contribution is -2.42. The van der Waals surface area contributed by atoms with E-state index in [2.05, 4.69) is 0 Å². The number of thiophene rings is 1. The summed E-state index contributed by atoms with van der Waals surface area (Å²) in [7, 11) is 0. The SMILES string of the molecule is CCOC(=O)C1CCN(C(=O)COC(=O)c2sc3cc(Cl)cc(Cl)c3c2Cl)CC1. The highest BCUT2D eigenvalue weighted by molar-refractivity contribution is 7.21. The molecule has 0 aliphatic carbocycles. The quantitative estimate of drug-likeness (QED) is 0.576. The molecule has 1 fully saturated rings. The maximum absolute atomic E-state index is 12.4. The first-order valence-electron chi connectivity index (χ1n) is 9.00. The van der Waals surface area contributed by atoms with E-state index < -0.39 is 12.6 Å². The molecule has 0 N–H and O–H groups in total. The molecule has 1 aromatic carbocycles. The zero-order valence-corrected chi connectivity index (χ0v) is 18.6. The van der Waals surface area contributed by atoms with Crippen molar-refractivity contribution in [1.29, 1.82) is 0 Å². The summed E-state index contributed by atoms with van der Waals surface area (Å²) >= 11 is 19.5. The lowest BCUT2D eigenvalue weighted by atomic mass is 9.97. The van der Waals surface area contributed by atoms with Gasteiger partial charge < -0.3 is 14.4 Å². The molecular weight excluding hydrogens is 461 g/mol. The largest absolute Gasteiger partial charge is 0.466 e. The van der Waals surface area contributed by atoms with Crippen LogP contribution in [0.2, 0.25) is 15.1 Å². The molecule has 10 heteroatoms. The molecule has 0 atom stereocenters. The van der Waals surface area contributed by atoms with Gasteiger partial charge in [0.2, 0.25) is 0 Å². The van der Waals surface area contributed by atoms with Crippen molar-refractivity contribution in [1.82, 2.24) is 4.90 Å². The summed E-state index contributed by atoms with van der Waals surface area (Å²) < 4.78 is 10.8. The number of rotatable bonds is 5. The Morgan fingerprint density at radius 1 is 1.14 bits per heavy atom. The molecule has 0 saturated carbocycles. The topological polar surface area (TPSA) is 72.9 Å². The monoisotopic (exact) mass is 477 g/mol. The summed E-state index contributed by atoms with van der Waals surface area (Å²) in [6.07, 6.45) is 1.06. The number of amides is 1. The molecule has 0 bridgehead atoms. The molecular formula is C19H18Cl3NO5S. The smallest absolute Gasteiger partial charge is 0.350 e. The van der Waals surface area contributed by atoms with Crippen molar-refractivity contribution < 1.29 is 23.9 Å². The second kappa shape index (κ2) is 9.51. The molecule has 0 unspecified atom stereocenters. The summed E-state index contributed by atoms with van der Waals surface area (Å²) in [5, 5.41) is 1.48. The first-order chi connectivity index (χ1) is 13.8. The minimum atomic E-state index is -0.696. The number of likely N-dealkylation sites (tertiary alicyclic amines) is 1. The Morgan fingerprint density at radius 3 is 2.48 bits per heavy atom. The van der Waals surface area contributed by atoms with Crippen LogP contribution in [-0.2, 0) is 19.1 Å². The number of ether oxygens (including phenoxy) is 2. The van der Waals surface area contributed by atoms with Gasteiger partial charge in [0.25, 0.3) is 5.91 Å². The number of carbonyl (C=O) groups is 3. The number of fused-ring (bicyclic) bond motifs is 1. The average Bonchev–Trinajstić information content (AvgIpc) is 3.02. The number of hydrogen-bond acceptors (Lipinski definition) is 6. The van der Waals surface area contributed by atoms with E-state index in [-0.39, 0.29) is 27.7 Å². The highest BCUT2D eigenvalue weighted by Gasteiger charge is 2.29. The number of nitrogens with zero attached hydrogens (tertiary/aromatic N) is 1. The van der Waals surface area contributed by atoms with E-state index in [1.54, 1.807) is 24.0 Å². The summed E-state index contributed by atoms with van der Waals surface area (Å²) in [5.74, 6) is -1.45. The van der Waals surface area contributed by atoms with Crippen molar-refractivity contribution in [2.45, 2.75) is 19.8 Å². The number of esters is 2. The normalized spacial score (nSPS) is 14.8. The van der Waals surface area contributed by atoms with Crippen LogP contribution in [-0.4, -0.2) is 49.0 Å². The van der Waals surface area contributed by atoms with Crippen molar-refractivity contribution in [2.75, 3.05) is 26.3 Å². The van der Waals surface area contributed by atoms with Gasteiger partial charge in [-0.3, -0.25) is 9.59 Å². The van der Waals surface area contributed by atoms with Crippen molar-refractivity contribution in [3.8, 4) is 0 Å². The molecule has 1 aliphatic rings. The molecule has 2 heterocycles. The van der Waals surface area contributed by atoms with Gasteiger partial charge in [-0.05, 0) is 31.9 Å². The van der Waals surface area contributed by atoms with E-state index in [0.717, 1.165) is 11.3 Å². The maximum Gasteiger partial charge on any atom is 0.350 e. The van der Waals surface area contributed by atoms with E-state index in [1.807, 2.05) is 0 Å². The van der Waals surface area contributed by atoms with Crippen LogP contribution in [0.3, 0.4) is 0 Å². The molecule has 0 radical (unpaired) electrons. The lowest BCUT2D eigenvalue weighted by Gasteiger charge is -2.30. The third-order valence-electron chi connectivity index (χ3n) is 4.63. The van der Waals surface area contributed by atoms with Crippen LogP contribution in [0.5, 0.6) is 0 Å². The molecule has 3 rings (SSSR count). The first-order valence-corrected chi connectivity index (χ1v) is 11.0. The number of benzene rings is 1. The van der Waals surface area contributed by atoms with Crippen LogP contribution in [0.4, 0.5) is 0 Å². The van der Waals surface area contributed by atoms with Gasteiger partial charge in [0.05, 0.1) is 22.6 Å². The second-order valence-electron chi connectivity index (χ2n) is 6.49. The molecule has 1 saturated heterocycles. The van der Waals surface area contributed by atoms with Crippen molar-refractivity contribution in [3.05, 3.63) is 32.1 Å². The molecule has 156 valence electrons. The fourth-order valence-electron chi connectivity index (χ4n) is 3.15. The number of carbonyl (C=O) groups excluding carboxylic acids is 3. The van der Waals surface area contributed by atoms with Crippen LogP contribution in [0, 0.1) is 5.92 Å². The Balaban J connectivity index is 1.58. The van der Waals surface area contributed by atoms with Crippen LogP contribution >= 0.6 is 46.1 Å². The van der Waals surface area contributed by atoms with Crippen LogP contribution in [0.1, 0.15) is 29.4 Å². The Bertz CT molecular complexity index is 953. The van der Waals surface area contributed by atoms with Crippen LogP contribution < -0.4 is 0 Å². The predicted octanol–water partition coefficient (Wildman–Crippen LogP) is 4.82. The zero-order valence-electron chi connectivity index (χ0n) is 15.5. The summed E-state index contributed by atoms with van der Waals surface area (Å²) in [6.45, 7) is 2.53. The maximum atomic E-state index is 12.4. The van der Waals surface area contributed by atoms with E-state index in [1.165, 1.54) is 0 Å². The number of halogens is 3. The van der Waals surface area contributed by atoms with Crippen LogP contribution in [0.25, 0.3) is 10.1 Å². The summed E-state index contributed by atoms with van der Waals surface area (Å²) in [5.41, 5.74) is 0. The van der Waals surface area contributed by atoms with Crippen molar-refractivity contribution in [2.24, 2.45) is 5.92 Å². The minimum Gasteiger partial charge on any atom is -0.466 e. The standard InChI is InChI=1S/C19H18Cl3NO5S/c1-2-27-18(25)10-3-5-23(6-4-10)14(24)9-28-19(26)17-16(22)15-12(21)7-11(20)8-13(15)29-17/h7-8,10H,2-6,9H2,1H3. The minimum absolute atomic E-state index is 0.166. The van der Waals surface area contributed by atoms with Gasteiger partial charge in [0.15, 0.2) is 6.61 Å². The fraction of sp³-hybridized carbons (Fsp3) is 0.421. The molecule has 1 amide bonds.